The number of nitrogens with one attached hydrogen (secondary N) is 1. The number of carbonyl (C=O) groups excluding carboxylic acids is 1. The number of hydrogen-bond donors (Lipinski definition) is 3. The minimum absolute atomic E-state index is 0. The lowest BCUT2D eigenvalue weighted by Crippen LogP contribution is -2.46. The third-order valence-corrected chi connectivity index (χ3v) is 5.37. The van der Waals surface area contributed by atoms with Gasteiger partial charge in [0.25, 0.3) is 0 Å². The summed E-state index contributed by atoms with van der Waals surface area (Å²) in [5.41, 5.74) is 6.95. The summed E-state index contributed by atoms with van der Waals surface area (Å²) in [6.45, 7) is 4.12. The van der Waals surface area contributed by atoms with Gasteiger partial charge < -0.3 is 20.9 Å². The van der Waals surface area contributed by atoms with Gasteiger partial charge in [0.1, 0.15) is 5.75 Å². The van der Waals surface area contributed by atoms with Gasteiger partial charge in [0.15, 0.2) is 0 Å². The molecule has 1 amide bonds. The predicted molar refractivity (Wildman–Crippen MR) is 99.7 cm³/mol. The number of ether oxygens (including phenoxy) is 1. The minimum Gasteiger partial charge on any atom is -0.491 e. The van der Waals surface area contributed by atoms with Gasteiger partial charge in [-0.25, -0.2) is 0 Å². The SMILES string of the molecule is CC(C)Oc1cccc(C(O)CNC(=O)C2C3CCC(C3)C2N)c1.Cl. The molecule has 1 aromatic rings. The topological polar surface area (TPSA) is 84.6 Å². The summed E-state index contributed by atoms with van der Waals surface area (Å²) in [7, 11) is 0. The average molecular weight is 369 g/mol. The molecule has 2 fully saturated rings. The summed E-state index contributed by atoms with van der Waals surface area (Å²) >= 11 is 0. The van der Waals surface area contributed by atoms with Crippen molar-refractivity contribution in [2.45, 2.75) is 51.4 Å². The zero-order valence-corrected chi connectivity index (χ0v) is 15.7. The molecular weight excluding hydrogens is 340 g/mol. The van der Waals surface area contributed by atoms with Crippen molar-refractivity contribution in [3.05, 3.63) is 29.8 Å². The van der Waals surface area contributed by atoms with Gasteiger partial charge in [-0.15, -0.1) is 12.4 Å². The highest BCUT2D eigenvalue weighted by Crippen LogP contribution is 2.47. The molecule has 5 atom stereocenters. The number of benzene rings is 1. The maximum Gasteiger partial charge on any atom is 0.225 e. The second-order valence-corrected chi connectivity index (χ2v) is 7.44. The number of carbonyl (C=O) groups is 1. The van der Waals surface area contributed by atoms with Gasteiger partial charge >= 0.3 is 0 Å². The number of amides is 1. The second kappa shape index (κ2) is 8.39. The van der Waals surface area contributed by atoms with Crippen LogP contribution in [0.1, 0.15) is 44.8 Å². The highest BCUT2D eigenvalue weighted by Gasteiger charge is 2.48. The normalized spacial score (nSPS) is 28.5. The first-order chi connectivity index (χ1) is 11.5. The first kappa shape index (κ1) is 20.0. The van der Waals surface area contributed by atoms with Crippen molar-refractivity contribution in [3.8, 4) is 5.75 Å². The van der Waals surface area contributed by atoms with E-state index in [4.69, 9.17) is 10.5 Å². The fourth-order valence-corrected chi connectivity index (χ4v) is 4.23. The van der Waals surface area contributed by atoms with Crippen LogP contribution in [0.3, 0.4) is 0 Å². The molecule has 2 aliphatic carbocycles. The molecule has 5 unspecified atom stereocenters. The first-order valence-corrected chi connectivity index (χ1v) is 8.93. The third kappa shape index (κ3) is 4.46. The van der Waals surface area contributed by atoms with E-state index >= 15 is 0 Å². The van der Waals surface area contributed by atoms with Crippen molar-refractivity contribution in [2.75, 3.05) is 6.54 Å². The standard InChI is InChI=1S/C19H28N2O3.ClH/c1-11(2)24-15-5-3-4-12(9-15)16(22)10-21-19(23)17-13-6-7-14(8-13)18(17)20;/h3-5,9,11,13-14,16-18,22H,6-8,10,20H2,1-2H3,(H,21,23);1H. The Kier molecular flexibility index (Phi) is 6.72. The molecule has 4 N–H and O–H groups in total. The fraction of sp³-hybridized carbons (Fsp3) is 0.632. The Bertz CT molecular complexity index is 594. The van der Waals surface area contributed by atoms with Crippen molar-refractivity contribution in [3.63, 3.8) is 0 Å². The van der Waals surface area contributed by atoms with Gasteiger partial charge in [0.2, 0.25) is 5.91 Å². The van der Waals surface area contributed by atoms with Crippen molar-refractivity contribution in [1.82, 2.24) is 5.32 Å². The van der Waals surface area contributed by atoms with E-state index in [1.807, 2.05) is 38.1 Å². The van der Waals surface area contributed by atoms with Gasteiger partial charge in [0, 0.05) is 12.6 Å². The largest absolute Gasteiger partial charge is 0.491 e. The zero-order chi connectivity index (χ0) is 17.3. The van der Waals surface area contributed by atoms with Crippen LogP contribution in [0.15, 0.2) is 24.3 Å². The third-order valence-electron chi connectivity index (χ3n) is 5.37. The van der Waals surface area contributed by atoms with Crippen LogP contribution in [0.2, 0.25) is 0 Å². The zero-order valence-electron chi connectivity index (χ0n) is 14.9. The number of hydrogen-bond acceptors (Lipinski definition) is 4. The Morgan fingerprint density at radius 1 is 1.36 bits per heavy atom. The molecule has 2 saturated carbocycles. The number of halogens is 1. The Hall–Kier alpha value is -1.30. The molecular formula is C19H29ClN2O3. The van der Waals surface area contributed by atoms with Crippen LogP contribution >= 0.6 is 12.4 Å². The van der Waals surface area contributed by atoms with Gasteiger partial charge in [-0.2, -0.15) is 0 Å². The number of fused-ring (bicyclic) bond motifs is 2. The van der Waals surface area contributed by atoms with E-state index in [1.54, 1.807) is 0 Å². The summed E-state index contributed by atoms with van der Waals surface area (Å²) in [6, 6.07) is 7.35. The molecule has 25 heavy (non-hydrogen) atoms. The van der Waals surface area contributed by atoms with Crippen LogP contribution in [0.25, 0.3) is 0 Å². The summed E-state index contributed by atoms with van der Waals surface area (Å²) < 4.78 is 5.64. The van der Waals surface area contributed by atoms with Crippen molar-refractivity contribution < 1.29 is 14.6 Å². The summed E-state index contributed by atoms with van der Waals surface area (Å²) in [5, 5.41) is 13.3. The Morgan fingerprint density at radius 3 is 2.72 bits per heavy atom. The monoisotopic (exact) mass is 368 g/mol. The highest BCUT2D eigenvalue weighted by atomic mass is 35.5. The molecule has 5 nitrogen and oxygen atoms in total. The van der Waals surface area contributed by atoms with Gasteiger partial charge in [-0.3, -0.25) is 4.79 Å². The molecule has 1 aromatic carbocycles. The summed E-state index contributed by atoms with van der Waals surface area (Å²) in [6.07, 6.45) is 2.67. The molecule has 0 spiro atoms. The van der Waals surface area contributed by atoms with E-state index < -0.39 is 6.10 Å². The van der Waals surface area contributed by atoms with Crippen LogP contribution < -0.4 is 15.8 Å². The van der Waals surface area contributed by atoms with Gasteiger partial charge in [-0.05, 0) is 62.6 Å². The quantitative estimate of drug-likeness (QED) is 0.719. The van der Waals surface area contributed by atoms with Crippen molar-refractivity contribution >= 4 is 18.3 Å². The van der Waals surface area contributed by atoms with Gasteiger partial charge in [-0.1, -0.05) is 12.1 Å². The fourth-order valence-electron chi connectivity index (χ4n) is 4.23. The maximum absolute atomic E-state index is 12.5. The Labute approximate surface area is 155 Å². The van der Waals surface area contributed by atoms with E-state index in [-0.39, 0.29) is 42.9 Å². The molecule has 3 rings (SSSR count). The molecule has 0 aliphatic heterocycles. The molecule has 6 heteroatoms. The van der Waals surface area contributed by atoms with Crippen LogP contribution in [-0.4, -0.2) is 29.7 Å². The number of aliphatic hydroxyl groups excluding tert-OH is 1. The molecule has 0 aromatic heterocycles. The maximum atomic E-state index is 12.5. The minimum atomic E-state index is -0.750. The first-order valence-electron chi connectivity index (χ1n) is 8.93. The van der Waals surface area contributed by atoms with Crippen LogP contribution in [0.5, 0.6) is 5.75 Å². The Morgan fingerprint density at radius 2 is 2.08 bits per heavy atom. The summed E-state index contributed by atoms with van der Waals surface area (Å²) in [4.78, 5) is 12.5. The molecule has 0 radical (unpaired) electrons. The van der Waals surface area contributed by atoms with Gasteiger partial charge in [0.05, 0.1) is 18.1 Å². The van der Waals surface area contributed by atoms with E-state index in [9.17, 15) is 9.90 Å². The lowest BCUT2D eigenvalue weighted by molar-refractivity contribution is -0.127. The molecule has 2 bridgehead atoms. The average Bonchev–Trinajstić information content (AvgIpc) is 3.13. The van der Waals surface area contributed by atoms with Crippen molar-refractivity contribution in [2.24, 2.45) is 23.5 Å². The van der Waals surface area contributed by atoms with E-state index in [2.05, 4.69) is 5.32 Å². The highest BCUT2D eigenvalue weighted by molar-refractivity contribution is 5.85. The number of aliphatic hydroxyl groups is 1. The lowest BCUT2D eigenvalue weighted by Gasteiger charge is -2.27. The molecule has 2 aliphatic rings. The van der Waals surface area contributed by atoms with Crippen molar-refractivity contribution in [1.29, 1.82) is 0 Å². The Balaban J connectivity index is 0.00000225. The number of rotatable bonds is 6. The lowest BCUT2D eigenvalue weighted by atomic mass is 9.84. The molecule has 140 valence electrons. The predicted octanol–water partition coefficient (Wildman–Crippen LogP) is 2.42. The van der Waals surface area contributed by atoms with Crippen LogP contribution in [0.4, 0.5) is 0 Å². The number of nitrogens with two attached hydrogens (primary N) is 1. The van der Waals surface area contributed by atoms with Crippen LogP contribution in [0, 0.1) is 17.8 Å². The van der Waals surface area contributed by atoms with E-state index in [1.165, 1.54) is 0 Å². The van der Waals surface area contributed by atoms with Crippen LogP contribution in [-0.2, 0) is 4.79 Å². The second-order valence-electron chi connectivity index (χ2n) is 7.44. The van der Waals surface area contributed by atoms with E-state index in [0.29, 0.717) is 11.8 Å². The van der Waals surface area contributed by atoms with E-state index in [0.717, 1.165) is 30.6 Å². The molecule has 0 heterocycles. The smallest absolute Gasteiger partial charge is 0.225 e. The molecule has 0 saturated heterocycles. The summed E-state index contributed by atoms with van der Waals surface area (Å²) in [5.74, 6) is 1.54.